The highest BCUT2D eigenvalue weighted by Crippen LogP contribution is 2.50. The Morgan fingerprint density at radius 1 is 0.385 bits per heavy atom. The molecule has 4 aromatic carbocycles. The maximum absolute atomic E-state index is 2.24. The monoisotopic (exact) mass is 336 g/mol. The van der Waals surface area contributed by atoms with Crippen LogP contribution in [-0.2, 0) is 0 Å². The quantitative estimate of drug-likeness (QED) is 0.343. The van der Waals surface area contributed by atoms with Gasteiger partial charge < -0.3 is 0 Å². The SMILES string of the molecule is Cc1ccc([N+](c2ccccc2)(c2ccccc2)c2ccccc2)cc1. The zero-order chi connectivity index (χ0) is 17.8. The molecule has 4 aromatic rings. The third kappa shape index (κ3) is 2.73. The number of hydrogen-bond donors (Lipinski definition) is 0. The Morgan fingerprint density at radius 2 is 0.692 bits per heavy atom. The van der Waals surface area contributed by atoms with E-state index in [9.17, 15) is 0 Å². The van der Waals surface area contributed by atoms with Crippen LogP contribution < -0.4 is 4.48 Å². The summed E-state index contributed by atoms with van der Waals surface area (Å²) < 4.78 is 0.558. The summed E-state index contributed by atoms with van der Waals surface area (Å²) in [7, 11) is 0. The number of hydrogen-bond acceptors (Lipinski definition) is 0. The van der Waals surface area contributed by atoms with Crippen LogP contribution in [0.5, 0.6) is 0 Å². The maximum Gasteiger partial charge on any atom is 0.148 e. The molecule has 0 N–H and O–H groups in total. The highest BCUT2D eigenvalue weighted by atomic mass is 15.4. The van der Waals surface area contributed by atoms with E-state index >= 15 is 0 Å². The van der Waals surface area contributed by atoms with Crippen LogP contribution in [0.1, 0.15) is 5.56 Å². The Balaban J connectivity index is 2.12. The molecule has 0 radical (unpaired) electrons. The van der Waals surface area contributed by atoms with Crippen LogP contribution in [0, 0.1) is 6.92 Å². The summed E-state index contributed by atoms with van der Waals surface area (Å²) in [6.45, 7) is 2.13. The Hall–Kier alpha value is -3.16. The number of benzene rings is 4. The van der Waals surface area contributed by atoms with E-state index in [0.717, 1.165) is 0 Å². The van der Waals surface area contributed by atoms with Crippen molar-refractivity contribution >= 4 is 22.7 Å². The van der Waals surface area contributed by atoms with E-state index in [1.54, 1.807) is 0 Å². The minimum atomic E-state index is 0.558. The fourth-order valence-electron chi connectivity index (χ4n) is 3.62. The molecule has 26 heavy (non-hydrogen) atoms. The van der Waals surface area contributed by atoms with Gasteiger partial charge in [-0.25, -0.2) is 0 Å². The molecule has 0 aromatic heterocycles. The molecule has 0 fully saturated rings. The van der Waals surface area contributed by atoms with Crippen LogP contribution in [0.4, 0.5) is 22.7 Å². The van der Waals surface area contributed by atoms with E-state index < -0.39 is 0 Å². The largest absolute Gasteiger partial charge is 0.194 e. The van der Waals surface area contributed by atoms with E-state index in [1.165, 1.54) is 28.3 Å². The second kappa shape index (κ2) is 6.99. The fourth-order valence-corrected chi connectivity index (χ4v) is 3.62. The summed E-state index contributed by atoms with van der Waals surface area (Å²) in [5.41, 5.74) is 6.14. The first-order valence-corrected chi connectivity index (χ1v) is 8.95. The molecule has 0 unspecified atom stereocenters. The Bertz CT molecular complexity index is 862. The maximum atomic E-state index is 2.24. The van der Waals surface area contributed by atoms with Gasteiger partial charge in [0.05, 0.1) is 0 Å². The van der Waals surface area contributed by atoms with Crippen molar-refractivity contribution in [2.75, 3.05) is 0 Å². The Labute approximate surface area is 155 Å². The molecule has 0 spiro atoms. The standard InChI is InChI=1S/C25H22N/c1-21-17-19-25(20-18-21)26(22-11-5-2-6-12-22,23-13-7-3-8-14-23)24-15-9-4-10-16-24/h2-20H,1H3/q+1. The van der Waals surface area contributed by atoms with Crippen molar-refractivity contribution in [3.8, 4) is 0 Å². The van der Waals surface area contributed by atoms with Gasteiger partial charge in [0.25, 0.3) is 0 Å². The fraction of sp³-hybridized carbons (Fsp3) is 0.0400. The topological polar surface area (TPSA) is 0 Å². The average Bonchev–Trinajstić information content (AvgIpc) is 2.72. The molecule has 0 aliphatic rings. The highest BCUT2D eigenvalue weighted by molar-refractivity contribution is 5.81. The second-order valence-electron chi connectivity index (χ2n) is 6.51. The van der Waals surface area contributed by atoms with Crippen molar-refractivity contribution in [2.24, 2.45) is 0 Å². The Kier molecular flexibility index (Phi) is 4.39. The van der Waals surface area contributed by atoms with Crippen LogP contribution in [0.25, 0.3) is 0 Å². The van der Waals surface area contributed by atoms with Crippen LogP contribution in [0.3, 0.4) is 0 Å². The van der Waals surface area contributed by atoms with Crippen molar-refractivity contribution in [2.45, 2.75) is 6.92 Å². The first kappa shape index (κ1) is 16.3. The summed E-state index contributed by atoms with van der Waals surface area (Å²) in [6.07, 6.45) is 0. The molecule has 0 bridgehead atoms. The molecular formula is C25H22N+. The van der Waals surface area contributed by atoms with E-state index in [1.807, 2.05) is 0 Å². The van der Waals surface area contributed by atoms with Crippen LogP contribution in [-0.4, -0.2) is 0 Å². The number of para-hydroxylation sites is 3. The summed E-state index contributed by atoms with van der Waals surface area (Å²) >= 11 is 0. The van der Waals surface area contributed by atoms with Crippen molar-refractivity contribution in [1.82, 2.24) is 4.48 Å². The van der Waals surface area contributed by atoms with Gasteiger partial charge in [-0.05, 0) is 6.92 Å². The second-order valence-corrected chi connectivity index (χ2v) is 6.51. The molecule has 0 amide bonds. The summed E-state index contributed by atoms with van der Waals surface area (Å²) in [4.78, 5) is 0. The van der Waals surface area contributed by atoms with E-state index in [2.05, 4.69) is 122 Å². The van der Waals surface area contributed by atoms with Crippen molar-refractivity contribution in [1.29, 1.82) is 0 Å². The molecule has 1 nitrogen and oxygen atoms in total. The van der Waals surface area contributed by atoms with Crippen LogP contribution >= 0.6 is 0 Å². The molecule has 0 atom stereocenters. The van der Waals surface area contributed by atoms with Gasteiger partial charge in [0, 0.05) is 48.5 Å². The first-order chi connectivity index (χ1) is 12.8. The third-order valence-electron chi connectivity index (χ3n) is 4.85. The predicted octanol–water partition coefficient (Wildman–Crippen LogP) is 7.30. The summed E-state index contributed by atoms with van der Waals surface area (Å²) in [5.74, 6) is 0. The van der Waals surface area contributed by atoms with Gasteiger partial charge in [-0.15, -0.1) is 0 Å². The van der Waals surface area contributed by atoms with Crippen LogP contribution in [0.2, 0.25) is 0 Å². The van der Waals surface area contributed by atoms with Crippen molar-refractivity contribution < 1.29 is 0 Å². The minimum absolute atomic E-state index is 0.558. The zero-order valence-corrected chi connectivity index (χ0v) is 14.9. The lowest BCUT2D eigenvalue weighted by atomic mass is 10.1. The lowest BCUT2D eigenvalue weighted by Crippen LogP contribution is -2.33. The average molecular weight is 336 g/mol. The molecule has 0 aliphatic heterocycles. The van der Waals surface area contributed by atoms with Gasteiger partial charge in [0.1, 0.15) is 22.7 Å². The van der Waals surface area contributed by atoms with E-state index in [0.29, 0.717) is 4.48 Å². The number of nitrogens with zero attached hydrogens (tertiary/aromatic N) is 1. The third-order valence-corrected chi connectivity index (χ3v) is 4.85. The number of quaternary nitrogens is 1. The lowest BCUT2D eigenvalue weighted by Gasteiger charge is -2.37. The molecule has 126 valence electrons. The Morgan fingerprint density at radius 3 is 1.04 bits per heavy atom. The molecule has 0 aliphatic carbocycles. The van der Waals surface area contributed by atoms with Crippen molar-refractivity contribution in [3.63, 3.8) is 0 Å². The number of aryl methyl sites for hydroxylation is 1. The summed E-state index contributed by atoms with van der Waals surface area (Å²) in [6, 6.07) is 41.0. The van der Waals surface area contributed by atoms with Gasteiger partial charge in [-0.1, -0.05) is 72.3 Å². The number of rotatable bonds is 4. The van der Waals surface area contributed by atoms with E-state index in [4.69, 9.17) is 0 Å². The molecule has 0 heterocycles. The van der Waals surface area contributed by atoms with Gasteiger partial charge >= 0.3 is 0 Å². The molecule has 0 saturated heterocycles. The molecule has 0 saturated carbocycles. The smallest absolute Gasteiger partial charge is 0.148 e. The van der Waals surface area contributed by atoms with Gasteiger partial charge in [-0.2, -0.15) is 4.48 Å². The summed E-state index contributed by atoms with van der Waals surface area (Å²) in [5, 5.41) is 0. The zero-order valence-electron chi connectivity index (χ0n) is 14.9. The lowest BCUT2D eigenvalue weighted by molar-refractivity contribution is 0.703. The van der Waals surface area contributed by atoms with Crippen molar-refractivity contribution in [3.05, 3.63) is 121 Å². The van der Waals surface area contributed by atoms with Gasteiger partial charge in [0.15, 0.2) is 0 Å². The highest BCUT2D eigenvalue weighted by Gasteiger charge is 2.38. The molecular weight excluding hydrogens is 314 g/mol. The minimum Gasteiger partial charge on any atom is -0.194 e. The van der Waals surface area contributed by atoms with Gasteiger partial charge in [0.2, 0.25) is 0 Å². The van der Waals surface area contributed by atoms with E-state index in [-0.39, 0.29) is 0 Å². The van der Waals surface area contributed by atoms with Crippen LogP contribution in [0.15, 0.2) is 115 Å². The van der Waals surface area contributed by atoms with Gasteiger partial charge in [-0.3, -0.25) is 0 Å². The molecule has 4 rings (SSSR count). The first-order valence-electron chi connectivity index (χ1n) is 8.95. The normalized spacial score (nSPS) is 11.3. The predicted molar refractivity (Wildman–Crippen MR) is 111 cm³/mol. The molecule has 1 heteroatoms.